The Morgan fingerprint density at radius 2 is 2.00 bits per heavy atom. The van der Waals surface area contributed by atoms with E-state index >= 15 is 0 Å². The Kier molecular flexibility index (Phi) is 5.12. The van der Waals surface area contributed by atoms with Crippen LogP contribution in [0.3, 0.4) is 0 Å². The van der Waals surface area contributed by atoms with Gasteiger partial charge in [0.05, 0.1) is 13.7 Å². The fourth-order valence-electron chi connectivity index (χ4n) is 2.33. The zero-order valence-electron chi connectivity index (χ0n) is 11.7. The first-order valence-corrected chi connectivity index (χ1v) is 6.83. The predicted octanol–water partition coefficient (Wildman–Crippen LogP) is 1.54. The largest absolute Gasteiger partial charge is 0.497 e. The van der Waals surface area contributed by atoms with Crippen molar-refractivity contribution in [2.75, 3.05) is 32.1 Å². The van der Waals surface area contributed by atoms with Gasteiger partial charge in [-0.2, -0.15) is 0 Å². The Bertz CT molecular complexity index is 451. The van der Waals surface area contributed by atoms with Crippen molar-refractivity contribution in [1.29, 1.82) is 0 Å². The van der Waals surface area contributed by atoms with Crippen LogP contribution in [-0.2, 0) is 9.59 Å². The maximum atomic E-state index is 11.9. The van der Waals surface area contributed by atoms with Crippen LogP contribution in [0, 0.1) is 5.92 Å². The number of amides is 1. The number of hydrogen-bond acceptors (Lipinski definition) is 4. The number of carbonyl (C=O) groups is 2. The van der Waals surface area contributed by atoms with Crippen LogP contribution in [-0.4, -0.2) is 43.8 Å². The summed E-state index contributed by atoms with van der Waals surface area (Å²) in [5, 5.41) is 2.86. The summed E-state index contributed by atoms with van der Waals surface area (Å²) in [7, 11) is 1.61. The average molecular weight is 276 g/mol. The van der Waals surface area contributed by atoms with E-state index < -0.39 is 0 Å². The first-order valence-electron chi connectivity index (χ1n) is 6.83. The number of nitrogens with one attached hydrogen (secondary N) is 1. The number of rotatable bonds is 5. The summed E-state index contributed by atoms with van der Waals surface area (Å²) < 4.78 is 5.07. The Hall–Kier alpha value is -1.88. The topological polar surface area (TPSA) is 58.6 Å². The molecule has 1 aromatic carbocycles. The Morgan fingerprint density at radius 3 is 2.55 bits per heavy atom. The average Bonchev–Trinajstić information content (AvgIpc) is 2.49. The van der Waals surface area contributed by atoms with E-state index in [1.165, 1.54) is 0 Å². The van der Waals surface area contributed by atoms with Crippen LogP contribution < -0.4 is 10.1 Å². The highest BCUT2D eigenvalue weighted by Gasteiger charge is 2.20. The van der Waals surface area contributed by atoms with Crippen molar-refractivity contribution >= 4 is 17.9 Å². The van der Waals surface area contributed by atoms with Gasteiger partial charge in [0.15, 0.2) is 0 Å². The van der Waals surface area contributed by atoms with Gasteiger partial charge < -0.3 is 14.8 Å². The molecule has 1 aliphatic heterocycles. The smallest absolute Gasteiger partial charge is 0.238 e. The summed E-state index contributed by atoms with van der Waals surface area (Å²) in [6, 6.07) is 7.25. The lowest BCUT2D eigenvalue weighted by Gasteiger charge is -2.28. The minimum atomic E-state index is -0.0280. The zero-order chi connectivity index (χ0) is 14.4. The number of benzene rings is 1. The number of nitrogens with zero attached hydrogens (tertiary/aromatic N) is 1. The molecule has 0 atom stereocenters. The van der Waals surface area contributed by atoms with Crippen molar-refractivity contribution in [3.63, 3.8) is 0 Å². The van der Waals surface area contributed by atoms with E-state index in [1.807, 2.05) is 24.3 Å². The minimum Gasteiger partial charge on any atom is -0.497 e. The van der Waals surface area contributed by atoms with Gasteiger partial charge in [0.1, 0.15) is 12.0 Å². The molecule has 0 saturated carbocycles. The lowest BCUT2D eigenvalue weighted by Crippen LogP contribution is -2.39. The number of aldehydes is 1. The van der Waals surface area contributed by atoms with Crippen LogP contribution in [0.4, 0.5) is 5.69 Å². The molecular formula is C15H20N2O3. The summed E-state index contributed by atoms with van der Waals surface area (Å²) in [5.74, 6) is 0.898. The normalized spacial score (nSPS) is 16.6. The van der Waals surface area contributed by atoms with Gasteiger partial charge in [-0.3, -0.25) is 9.69 Å². The fraction of sp³-hybridized carbons (Fsp3) is 0.467. The van der Waals surface area contributed by atoms with Gasteiger partial charge in [-0.05, 0) is 50.2 Å². The Labute approximate surface area is 118 Å². The number of anilines is 1. The number of likely N-dealkylation sites (tertiary alicyclic amines) is 1. The number of hydrogen-bond donors (Lipinski definition) is 1. The maximum Gasteiger partial charge on any atom is 0.238 e. The highest BCUT2D eigenvalue weighted by Crippen LogP contribution is 2.16. The number of ether oxygens (including phenoxy) is 1. The SMILES string of the molecule is COc1ccc(NC(=O)CN2CCC(C=O)CC2)cc1. The fourth-order valence-corrected chi connectivity index (χ4v) is 2.33. The van der Waals surface area contributed by atoms with Gasteiger partial charge in [-0.25, -0.2) is 0 Å². The highest BCUT2D eigenvalue weighted by molar-refractivity contribution is 5.92. The van der Waals surface area contributed by atoms with E-state index in [0.29, 0.717) is 6.54 Å². The van der Waals surface area contributed by atoms with Crippen LogP contribution in [0.2, 0.25) is 0 Å². The number of methoxy groups -OCH3 is 1. The van der Waals surface area contributed by atoms with Crippen LogP contribution in [0.15, 0.2) is 24.3 Å². The molecule has 1 saturated heterocycles. The van der Waals surface area contributed by atoms with Gasteiger partial charge >= 0.3 is 0 Å². The molecule has 0 radical (unpaired) electrons. The van der Waals surface area contributed by atoms with E-state index in [4.69, 9.17) is 4.74 Å². The summed E-state index contributed by atoms with van der Waals surface area (Å²) in [4.78, 5) is 24.7. The molecule has 108 valence electrons. The van der Waals surface area contributed by atoms with Gasteiger partial charge in [0.25, 0.3) is 0 Å². The number of carbonyl (C=O) groups excluding carboxylic acids is 2. The molecule has 5 heteroatoms. The molecule has 1 aliphatic rings. The van der Waals surface area contributed by atoms with Crippen molar-refractivity contribution in [3.05, 3.63) is 24.3 Å². The second-order valence-electron chi connectivity index (χ2n) is 5.03. The van der Waals surface area contributed by atoms with Crippen LogP contribution in [0.25, 0.3) is 0 Å². The first-order chi connectivity index (χ1) is 9.71. The van der Waals surface area contributed by atoms with Gasteiger partial charge in [-0.1, -0.05) is 0 Å². The molecule has 5 nitrogen and oxygen atoms in total. The quantitative estimate of drug-likeness (QED) is 0.829. The van der Waals surface area contributed by atoms with Crippen LogP contribution >= 0.6 is 0 Å². The lowest BCUT2D eigenvalue weighted by atomic mass is 9.99. The molecule has 0 bridgehead atoms. The van der Waals surface area contributed by atoms with E-state index in [-0.39, 0.29) is 11.8 Å². The van der Waals surface area contributed by atoms with Crippen LogP contribution in [0.1, 0.15) is 12.8 Å². The standard InChI is InChI=1S/C15H20N2O3/c1-20-14-4-2-13(3-5-14)16-15(19)10-17-8-6-12(11-18)7-9-17/h2-5,11-12H,6-10H2,1H3,(H,16,19). The second-order valence-corrected chi connectivity index (χ2v) is 5.03. The molecule has 2 rings (SSSR count). The highest BCUT2D eigenvalue weighted by atomic mass is 16.5. The molecular weight excluding hydrogens is 256 g/mol. The molecule has 20 heavy (non-hydrogen) atoms. The van der Waals surface area contributed by atoms with Crippen molar-refractivity contribution in [3.8, 4) is 5.75 Å². The molecule has 0 unspecified atom stereocenters. The Morgan fingerprint density at radius 1 is 1.35 bits per heavy atom. The molecule has 1 N–H and O–H groups in total. The molecule has 1 fully saturated rings. The van der Waals surface area contributed by atoms with E-state index in [1.54, 1.807) is 7.11 Å². The van der Waals surface area contributed by atoms with E-state index in [0.717, 1.165) is 43.7 Å². The maximum absolute atomic E-state index is 11.9. The molecule has 1 amide bonds. The van der Waals surface area contributed by atoms with Gasteiger partial charge in [0.2, 0.25) is 5.91 Å². The summed E-state index contributed by atoms with van der Waals surface area (Å²) in [6.45, 7) is 1.98. The third-order valence-corrected chi connectivity index (χ3v) is 3.57. The van der Waals surface area contributed by atoms with Crippen molar-refractivity contribution < 1.29 is 14.3 Å². The zero-order valence-corrected chi connectivity index (χ0v) is 11.7. The molecule has 1 aromatic rings. The monoisotopic (exact) mass is 276 g/mol. The summed E-state index contributed by atoms with van der Waals surface area (Å²) in [5.41, 5.74) is 0.763. The first kappa shape index (κ1) is 14.5. The second kappa shape index (κ2) is 7.05. The third-order valence-electron chi connectivity index (χ3n) is 3.57. The van der Waals surface area contributed by atoms with E-state index in [9.17, 15) is 9.59 Å². The summed E-state index contributed by atoms with van der Waals surface area (Å²) >= 11 is 0. The van der Waals surface area contributed by atoms with Crippen LogP contribution in [0.5, 0.6) is 5.75 Å². The van der Waals surface area contributed by atoms with Gasteiger partial charge in [-0.15, -0.1) is 0 Å². The molecule has 1 heterocycles. The Balaban J connectivity index is 1.78. The van der Waals surface area contributed by atoms with Crippen molar-refractivity contribution in [2.45, 2.75) is 12.8 Å². The van der Waals surface area contributed by atoms with Crippen molar-refractivity contribution in [1.82, 2.24) is 4.90 Å². The van der Waals surface area contributed by atoms with Crippen molar-refractivity contribution in [2.24, 2.45) is 5.92 Å². The molecule has 0 spiro atoms. The molecule has 0 aliphatic carbocycles. The number of piperidine rings is 1. The van der Waals surface area contributed by atoms with E-state index in [2.05, 4.69) is 10.2 Å². The molecule has 0 aromatic heterocycles. The summed E-state index contributed by atoms with van der Waals surface area (Å²) in [6.07, 6.45) is 2.72. The predicted molar refractivity (Wildman–Crippen MR) is 76.9 cm³/mol. The minimum absolute atomic E-state index is 0.0280. The lowest BCUT2D eigenvalue weighted by molar-refractivity contribution is -0.117. The van der Waals surface area contributed by atoms with Gasteiger partial charge in [0, 0.05) is 11.6 Å². The third kappa shape index (κ3) is 4.06.